The lowest BCUT2D eigenvalue weighted by molar-refractivity contribution is -0.122. The van der Waals surface area contributed by atoms with E-state index in [1.165, 1.54) is 24.3 Å². The normalized spacial score (nSPS) is 10.2. The Morgan fingerprint density at radius 1 is 0.857 bits per heavy atom. The van der Waals surface area contributed by atoms with Gasteiger partial charge in [-0.1, -0.05) is 18.2 Å². The molecule has 6 nitrogen and oxygen atoms in total. The smallest absolute Gasteiger partial charge is 0.243 e. The first-order valence-corrected chi connectivity index (χ1v) is 9.76. The summed E-state index contributed by atoms with van der Waals surface area (Å²) in [5.74, 6) is -1.21. The van der Waals surface area contributed by atoms with Gasteiger partial charge in [-0.3, -0.25) is 14.4 Å². The van der Waals surface area contributed by atoms with Crippen molar-refractivity contribution >= 4 is 40.9 Å². The number of amides is 3. The molecule has 28 heavy (non-hydrogen) atoms. The number of para-hydroxylation sites is 1. The van der Waals surface area contributed by atoms with Gasteiger partial charge in [0.05, 0.1) is 18.1 Å². The van der Waals surface area contributed by atoms with E-state index in [-0.39, 0.29) is 41.6 Å². The third-order valence-electron chi connectivity index (χ3n) is 3.79. The molecule has 0 bridgehead atoms. The van der Waals surface area contributed by atoms with E-state index in [1.54, 1.807) is 0 Å². The van der Waals surface area contributed by atoms with Crippen molar-refractivity contribution in [2.24, 2.45) is 0 Å². The van der Waals surface area contributed by atoms with E-state index >= 15 is 0 Å². The molecule has 0 atom stereocenters. The van der Waals surface area contributed by atoms with Gasteiger partial charge in [0.1, 0.15) is 5.82 Å². The second kappa shape index (κ2) is 10.5. The molecule has 2 rings (SSSR count). The number of carbonyl (C=O) groups excluding carboxylic acids is 3. The molecule has 0 spiro atoms. The molecule has 0 saturated carbocycles. The molecule has 0 saturated heterocycles. The lowest BCUT2D eigenvalue weighted by atomic mass is 10.1. The fourth-order valence-corrected chi connectivity index (χ4v) is 3.04. The first kappa shape index (κ1) is 21.4. The van der Waals surface area contributed by atoms with Gasteiger partial charge < -0.3 is 16.0 Å². The number of hydrogen-bond acceptors (Lipinski definition) is 4. The van der Waals surface area contributed by atoms with Crippen LogP contribution in [0.2, 0.25) is 0 Å². The van der Waals surface area contributed by atoms with Gasteiger partial charge in [0.15, 0.2) is 0 Å². The lowest BCUT2D eigenvalue weighted by Gasteiger charge is -2.12. The fraction of sp³-hybridized carbons (Fsp3) is 0.250. The van der Waals surface area contributed by atoms with Crippen LogP contribution in [0, 0.1) is 19.7 Å². The van der Waals surface area contributed by atoms with E-state index in [9.17, 15) is 18.8 Å². The zero-order valence-corrected chi connectivity index (χ0v) is 16.5. The summed E-state index contributed by atoms with van der Waals surface area (Å²) in [6, 6.07) is 11.1. The number of halogens is 1. The summed E-state index contributed by atoms with van der Waals surface area (Å²) in [7, 11) is 0. The Kier molecular flexibility index (Phi) is 8.01. The molecule has 8 heteroatoms. The predicted octanol–water partition coefficient (Wildman–Crippen LogP) is 2.87. The van der Waals surface area contributed by atoms with E-state index in [1.807, 2.05) is 32.0 Å². The Labute approximate surface area is 167 Å². The molecular weight excluding hydrogens is 381 g/mol. The highest BCUT2D eigenvalue weighted by atomic mass is 32.2. The van der Waals surface area contributed by atoms with Crippen molar-refractivity contribution in [1.29, 1.82) is 0 Å². The summed E-state index contributed by atoms with van der Waals surface area (Å²) in [5, 5.41) is 7.92. The van der Waals surface area contributed by atoms with Gasteiger partial charge in [0, 0.05) is 11.4 Å². The van der Waals surface area contributed by atoms with E-state index in [0.717, 1.165) is 28.6 Å². The molecule has 0 fully saturated rings. The molecule has 0 radical (unpaired) electrons. The molecule has 3 N–H and O–H groups in total. The summed E-state index contributed by atoms with van der Waals surface area (Å²) in [4.78, 5) is 35.6. The summed E-state index contributed by atoms with van der Waals surface area (Å²) in [6.07, 6.45) is 0. The van der Waals surface area contributed by atoms with Crippen LogP contribution in [-0.2, 0) is 14.4 Å². The van der Waals surface area contributed by atoms with Crippen LogP contribution < -0.4 is 16.0 Å². The van der Waals surface area contributed by atoms with E-state index in [2.05, 4.69) is 16.0 Å². The number of thioether (sulfide) groups is 1. The number of hydrogen-bond donors (Lipinski definition) is 3. The van der Waals surface area contributed by atoms with Gasteiger partial charge in [-0.25, -0.2) is 4.39 Å². The molecule has 0 aliphatic carbocycles. The van der Waals surface area contributed by atoms with Crippen LogP contribution in [0.5, 0.6) is 0 Å². The van der Waals surface area contributed by atoms with Crippen molar-refractivity contribution in [3.63, 3.8) is 0 Å². The molecule has 2 aromatic rings. The molecule has 2 aromatic carbocycles. The summed E-state index contributed by atoms with van der Waals surface area (Å²) < 4.78 is 12.8. The Balaban J connectivity index is 1.66. The highest BCUT2D eigenvalue weighted by Crippen LogP contribution is 2.19. The maximum atomic E-state index is 12.8. The van der Waals surface area contributed by atoms with Gasteiger partial charge in [-0.05, 0) is 49.2 Å². The van der Waals surface area contributed by atoms with Gasteiger partial charge in [-0.2, -0.15) is 0 Å². The average molecular weight is 403 g/mol. The van der Waals surface area contributed by atoms with Gasteiger partial charge in [0.25, 0.3) is 0 Å². The second-order valence-corrected chi connectivity index (χ2v) is 7.13. The van der Waals surface area contributed by atoms with Gasteiger partial charge in [0.2, 0.25) is 17.7 Å². The Morgan fingerprint density at radius 2 is 1.46 bits per heavy atom. The quantitative estimate of drug-likeness (QED) is 0.633. The second-order valence-electron chi connectivity index (χ2n) is 6.14. The highest BCUT2D eigenvalue weighted by Gasteiger charge is 2.10. The predicted molar refractivity (Wildman–Crippen MR) is 110 cm³/mol. The van der Waals surface area contributed by atoms with Crippen molar-refractivity contribution in [3.8, 4) is 0 Å². The lowest BCUT2D eigenvalue weighted by Crippen LogP contribution is -2.34. The van der Waals surface area contributed by atoms with Crippen LogP contribution in [0.15, 0.2) is 42.5 Å². The number of rotatable bonds is 8. The van der Waals surface area contributed by atoms with Crippen molar-refractivity contribution in [3.05, 3.63) is 59.4 Å². The van der Waals surface area contributed by atoms with Crippen LogP contribution in [0.3, 0.4) is 0 Å². The molecule has 0 aromatic heterocycles. The number of carbonyl (C=O) groups is 3. The minimum atomic E-state index is -0.384. The molecule has 0 aliphatic heterocycles. The molecular formula is C20H22FN3O3S. The van der Waals surface area contributed by atoms with Gasteiger partial charge in [-0.15, -0.1) is 11.8 Å². The molecule has 3 amide bonds. The zero-order valence-electron chi connectivity index (χ0n) is 15.7. The van der Waals surface area contributed by atoms with Crippen molar-refractivity contribution in [2.75, 3.05) is 28.7 Å². The topological polar surface area (TPSA) is 87.3 Å². The first-order valence-electron chi connectivity index (χ1n) is 8.61. The minimum Gasteiger partial charge on any atom is -0.346 e. The average Bonchev–Trinajstić information content (AvgIpc) is 2.65. The number of anilines is 2. The SMILES string of the molecule is Cc1cccc(C)c1NC(=O)CNC(=O)CSCC(=O)Nc1ccc(F)cc1. The van der Waals surface area contributed by atoms with Crippen LogP contribution in [0.1, 0.15) is 11.1 Å². The fourth-order valence-electron chi connectivity index (χ4n) is 2.39. The first-order chi connectivity index (χ1) is 13.3. The van der Waals surface area contributed by atoms with Crippen LogP contribution >= 0.6 is 11.8 Å². The zero-order chi connectivity index (χ0) is 20.5. The van der Waals surface area contributed by atoms with Crippen LogP contribution in [-0.4, -0.2) is 35.8 Å². The van der Waals surface area contributed by atoms with E-state index in [4.69, 9.17) is 0 Å². The van der Waals surface area contributed by atoms with Crippen LogP contribution in [0.25, 0.3) is 0 Å². The number of nitrogens with one attached hydrogen (secondary N) is 3. The monoisotopic (exact) mass is 403 g/mol. The van der Waals surface area contributed by atoms with E-state index < -0.39 is 0 Å². The van der Waals surface area contributed by atoms with Crippen molar-refractivity contribution in [2.45, 2.75) is 13.8 Å². The summed E-state index contributed by atoms with van der Waals surface area (Å²) in [5.41, 5.74) is 3.12. The summed E-state index contributed by atoms with van der Waals surface area (Å²) in [6.45, 7) is 3.65. The van der Waals surface area contributed by atoms with Crippen molar-refractivity contribution < 1.29 is 18.8 Å². The van der Waals surface area contributed by atoms with E-state index in [0.29, 0.717) is 5.69 Å². The number of aryl methyl sites for hydroxylation is 2. The molecule has 0 aliphatic rings. The third kappa shape index (κ3) is 7.03. The van der Waals surface area contributed by atoms with Crippen LogP contribution in [0.4, 0.5) is 15.8 Å². The molecule has 148 valence electrons. The van der Waals surface area contributed by atoms with Crippen molar-refractivity contribution in [1.82, 2.24) is 5.32 Å². The maximum Gasteiger partial charge on any atom is 0.243 e. The van der Waals surface area contributed by atoms with Gasteiger partial charge >= 0.3 is 0 Å². The highest BCUT2D eigenvalue weighted by molar-refractivity contribution is 8.00. The molecule has 0 unspecified atom stereocenters. The third-order valence-corrected chi connectivity index (χ3v) is 4.72. The Hall–Kier alpha value is -2.87. The Morgan fingerprint density at radius 3 is 2.11 bits per heavy atom. The largest absolute Gasteiger partial charge is 0.346 e. The standard InChI is InChI=1S/C20H22FN3O3S/c1-13-4-3-5-14(2)20(13)24-17(25)10-22-18(26)11-28-12-19(27)23-16-8-6-15(21)7-9-16/h3-9H,10-12H2,1-2H3,(H,22,26)(H,23,27)(H,24,25). The maximum absolute atomic E-state index is 12.8. The Bertz CT molecular complexity index is 836. The molecule has 0 heterocycles. The number of benzene rings is 2. The summed E-state index contributed by atoms with van der Waals surface area (Å²) >= 11 is 1.12. The minimum absolute atomic E-state index is 0.0491.